The average molecular weight is 292 g/mol. The summed E-state index contributed by atoms with van der Waals surface area (Å²) in [6.45, 7) is 4.67. The summed E-state index contributed by atoms with van der Waals surface area (Å²) in [5, 5.41) is 0. The summed E-state index contributed by atoms with van der Waals surface area (Å²) < 4.78 is 2.40. The summed E-state index contributed by atoms with van der Waals surface area (Å²) in [5.74, 6) is 2.88. The van der Waals surface area contributed by atoms with Crippen LogP contribution in [0, 0.1) is 11.8 Å². The summed E-state index contributed by atoms with van der Waals surface area (Å²) >= 11 is 6.15. The van der Waals surface area contributed by atoms with Crippen LogP contribution in [-0.2, 0) is 5.88 Å². The van der Waals surface area contributed by atoms with E-state index in [-0.39, 0.29) is 0 Å². The van der Waals surface area contributed by atoms with Crippen LogP contribution in [0.25, 0.3) is 11.0 Å². The summed E-state index contributed by atoms with van der Waals surface area (Å²) in [7, 11) is 0. The normalized spacial score (nSPS) is 23.6. The number of alkyl halides is 1. The Labute approximate surface area is 125 Å². The quantitative estimate of drug-likeness (QED) is 0.776. The first-order chi connectivity index (χ1) is 9.72. The Morgan fingerprint density at radius 2 is 2.15 bits per heavy atom. The van der Waals surface area contributed by atoms with E-state index in [4.69, 9.17) is 11.6 Å². The molecule has 1 aliphatic carbocycles. The monoisotopic (exact) mass is 291 g/mol. The van der Waals surface area contributed by atoms with Crippen LogP contribution in [0.5, 0.6) is 0 Å². The van der Waals surface area contributed by atoms with Crippen LogP contribution in [0.15, 0.2) is 18.5 Å². The Bertz CT molecular complexity index is 590. The minimum atomic E-state index is 0.468. The third kappa shape index (κ3) is 2.32. The third-order valence-corrected chi connectivity index (χ3v) is 4.89. The maximum atomic E-state index is 6.15. The van der Waals surface area contributed by atoms with Gasteiger partial charge in [0, 0.05) is 12.2 Å². The lowest BCUT2D eigenvalue weighted by Gasteiger charge is -2.36. The predicted molar refractivity (Wildman–Crippen MR) is 82.9 cm³/mol. The van der Waals surface area contributed by atoms with Crippen molar-refractivity contribution in [2.45, 2.75) is 51.5 Å². The van der Waals surface area contributed by atoms with Gasteiger partial charge in [-0.05, 0) is 30.7 Å². The molecule has 0 bridgehead atoms. The number of aromatic nitrogens is 3. The Balaban J connectivity index is 2.11. The SMILES string of the molecule is CC(C)C1CCCCC1n1c(CCl)nc2cnccc21. The minimum absolute atomic E-state index is 0.468. The van der Waals surface area contributed by atoms with E-state index in [1.54, 1.807) is 0 Å². The van der Waals surface area contributed by atoms with Crippen molar-refractivity contribution in [3.8, 4) is 0 Å². The second kappa shape index (κ2) is 5.72. The molecule has 2 unspecified atom stereocenters. The van der Waals surface area contributed by atoms with Gasteiger partial charge in [0.2, 0.25) is 0 Å². The van der Waals surface area contributed by atoms with Gasteiger partial charge in [-0.15, -0.1) is 11.6 Å². The van der Waals surface area contributed by atoms with E-state index in [1.807, 2.05) is 12.4 Å². The van der Waals surface area contributed by atoms with Crippen molar-refractivity contribution >= 4 is 22.6 Å². The zero-order chi connectivity index (χ0) is 14.1. The fourth-order valence-corrected chi connectivity index (χ4v) is 3.89. The van der Waals surface area contributed by atoms with Gasteiger partial charge in [-0.2, -0.15) is 0 Å². The highest BCUT2D eigenvalue weighted by molar-refractivity contribution is 6.16. The van der Waals surface area contributed by atoms with Gasteiger partial charge < -0.3 is 4.57 Å². The molecular formula is C16H22ClN3. The fraction of sp³-hybridized carbons (Fsp3) is 0.625. The highest BCUT2D eigenvalue weighted by Crippen LogP contribution is 2.40. The molecule has 0 aromatic carbocycles. The largest absolute Gasteiger partial charge is 0.323 e. The van der Waals surface area contributed by atoms with E-state index in [0.717, 1.165) is 17.3 Å². The molecule has 20 heavy (non-hydrogen) atoms. The van der Waals surface area contributed by atoms with Gasteiger partial charge in [0.25, 0.3) is 0 Å². The van der Waals surface area contributed by atoms with Crippen LogP contribution in [0.4, 0.5) is 0 Å². The molecule has 2 heterocycles. The molecule has 0 spiro atoms. The number of halogens is 1. The molecule has 0 aliphatic heterocycles. The number of nitrogens with zero attached hydrogens (tertiary/aromatic N) is 3. The van der Waals surface area contributed by atoms with Crippen molar-refractivity contribution in [3.63, 3.8) is 0 Å². The first-order valence-corrected chi connectivity index (χ1v) is 8.12. The Kier molecular flexibility index (Phi) is 3.97. The van der Waals surface area contributed by atoms with Crippen LogP contribution in [0.2, 0.25) is 0 Å². The second-order valence-corrected chi connectivity index (χ2v) is 6.42. The highest BCUT2D eigenvalue weighted by atomic mass is 35.5. The lowest BCUT2D eigenvalue weighted by atomic mass is 9.77. The van der Waals surface area contributed by atoms with Gasteiger partial charge >= 0.3 is 0 Å². The summed E-state index contributed by atoms with van der Waals surface area (Å²) in [6.07, 6.45) is 8.90. The van der Waals surface area contributed by atoms with Gasteiger partial charge in [0.05, 0.1) is 17.6 Å². The molecular weight excluding hydrogens is 270 g/mol. The molecule has 2 atom stereocenters. The van der Waals surface area contributed by atoms with E-state index >= 15 is 0 Å². The molecule has 2 aromatic rings. The molecule has 3 nitrogen and oxygen atoms in total. The van der Waals surface area contributed by atoms with E-state index < -0.39 is 0 Å². The molecule has 1 fully saturated rings. The Morgan fingerprint density at radius 1 is 1.35 bits per heavy atom. The average Bonchev–Trinajstić information content (AvgIpc) is 2.85. The standard InChI is InChI=1S/C16H22ClN3/c1-11(2)12-5-3-4-6-14(12)20-15-7-8-18-10-13(15)19-16(20)9-17/h7-8,10-12,14H,3-6,9H2,1-2H3. The van der Waals surface area contributed by atoms with Crippen LogP contribution in [-0.4, -0.2) is 14.5 Å². The lowest BCUT2D eigenvalue weighted by Crippen LogP contribution is -2.28. The maximum Gasteiger partial charge on any atom is 0.125 e. The zero-order valence-corrected chi connectivity index (χ0v) is 13.0. The van der Waals surface area contributed by atoms with Crippen LogP contribution in [0.3, 0.4) is 0 Å². The van der Waals surface area contributed by atoms with Crippen LogP contribution in [0.1, 0.15) is 51.4 Å². The van der Waals surface area contributed by atoms with E-state index in [0.29, 0.717) is 17.8 Å². The zero-order valence-electron chi connectivity index (χ0n) is 12.2. The van der Waals surface area contributed by atoms with Crippen molar-refractivity contribution in [2.24, 2.45) is 11.8 Å². The number of hydrogen-bond donors (Lipinski definition) is 0. The maximum absolute atomic E-state index is 6.15. The molecule has 4 heteroatoms. The molecule has 108 valence electrons. The molecule has 1 aliphatic rings. The minimum Gasteiger partial charge on any atom is -0.323 e. The summed E-state index contributed by atoms with van der Waals surface area (Å²) in [4.78, 5) is 8.85. The number of fused-ring (bicyclic) bond motifs is 1. The third-order valence-electron chi connectivity index (χ3n) is 4.65. The van der Waals surface area contributed by atoms with Crippen molar-refractivity contribution in [1.82, 2.24) is 14.5 Å². The number of imidazole rings is 1. The van der Waals surface area contributed by atoms with Crippen LogP contribution < -0.4 is 0 Å². The molecule has 3 rings (SSSR count). The Morgan fingerprint density at radius 3 is 2.90 bits per heavy atom. The summed E-state index contributed by atoms with van der Waals surface area (Å²) in [6, 6.07) is 2.61. The van der Waals surface area contributed by atoms with Gasteiger partial charge in [0.15, 0.2) is 0 Å². The van der Waals surface area contributed by atoms with Crippen molar-refractivity contribution < 1.29 is 0 Å². The first-order valence-electron chi connectivity index (χ1n) is 7.59. The smallest absolute Gasteiger partial charge is 0.125 e. The fourth-order valence-electron chi connectivity index (χ4n) is 3.70. The van der Waals surface area contributed by atoms with E-state index in [9.17, 15) is 0 Å². The molecule has 0 amide bonds. The second-order valence-electron chi connectivity index (χ2n) is 6.16. The number of rotatable bonds is 3. The van der Waals surface area contributed by atoms with E-state index in [1.165, 1.54) is 31.2 Å². The topological polar surface area (TPSA) is 30.7 Å². The number of hydrogen-bond acceptors (Lipinski definition) is 2. The highest BCUT2D eigenvalue weighted by Gasteiger charge is 2.31. The lowest BCUT2D eigenvalue weighted by molar-refractivity contribution is 0.185. The van der Waals surface area contributed by atoms with Gasteiger partial charge in [-0.25, -0.2) is 4.98 Å². The van der Waals surface area contributed by atoms with Gasteiger partial charge in [-0.3, -0.25) is 4.98 Å². The number of pyridine rings is 1. The first kappa shape index (κ1) is 13.9. The van der Waals surface area contributed by atoms with E-state index in [2.05, 4.69) is 34.4 Å². The molecule has 2 aromatic heterocycles. The van der Waals surface area contributed by atoms with Crippen molar-refractivity contribution in [2.75, 3.05) is 0 Å². The van der Waals surface area contributed by atoms with Crippen molar-refractivity contribution in [3.05, 3.63) is 24.3 Å². The predicted octanol–water partition coefficient (Wildman–Crippen LogP) is 4.56. The van der Waals surface area contributed by atoms with Gasteiger partial charge in [0.1, 0.15) is 11.3 Å². The van der Waals surface area contributed by atoms with Crippen molar-refractivity contribution in [1.29, 1.82) is 0 Å². The molecule has 0 radical (unpaired) electrons. The molecule has 0 N–H and O–H groups in total. The van der Waals surface area contributed by atoms with Crippen LogP contribution >= 0.6 is 11.6 Å². The molecule has 1 saturated carbocycles. The summed E-state index contributed by atoms with van der Waals surface area (Å²) in [5.41, 5.74) is 2.16. The molecule has 0 saturated heterocycles. The Hall–Kier alpha value is -1.09. The van der Waals surface area contributed by atoms with Gasteiger partial charge in [-0.1, -0.05) is 26.7 Å².